The average molecular weight is 554 g/mol. The van der Waals surface area contributed by atoms with Gasteiger partial charge in [0.15, 0.2) is 5.82 Å². The monoisotopic (exact) mass is 553 g/mol. The number of amides is 2. The number of aromatic nitrogens is 2. The minimum atomic E-state index is -1.28. The third kappa shape index (κ3) is 6.95. The molecule has 0 aliphatic heterocycles. The van der Waals surface area contributed by atoms with Crippen molar-refractivity contribution in [2.45, 2.75) is 33.0 Å². The van der Waals surface area contributed by atoms with Gasteiger partial charge in [-0.25, -0.2) is 14.7 Å². The summed E-state index contributed by atoms with van der Waals surface area (Å²) in [6.45, 7) is 3.66. The van der Waals surface area contributed by atoms with Gasteiger partial charge in [0.2, 0.25) is 5.91 Å². The molecule has 210 valence electrons. The Morgan fingerprint density at radius 2 is 1.73 bits per heavy atom. The topological polar surface area (TPSA) is 166 Å². The van der Waals surface area contributed by atoms with Crippen LogP contribution in [0.15, 0.2) is 83.8 Å². The van der Waals surface area contributed by atoms with Crippen molar-refractivity contribution in [1.29, 1.82) is 5.41 Å². The summed E-state index contributed by atoms with van der Waals surface area (Å²) in [6, 6.07) is 21.5. The Morgan fingerprint density at radius 1 is 1.05 bits per heavy atom. The van der Waals surface area contributed by atoms with E-state index >= 15 is 0 Å². The lowest BCUT2D eigenvalue weighted by Gasteiger charge is -2.17. The molecule has 4 aromatic rings. The first-order chi connectivity index (χ1) is 19.7. The summed E-state index contributed by atoms with van der Waals surface area (Å²) in [5, 5.41) is 22.3. The van der Waals surface area contributed by atoms with Crippen LogP contribution in [0.5, 0.6) is 0 Å². The van der Waals surface area contributed by atoms with Gasteiger partial charge in [0.1, 0.15) is 6.54 Å². The molecule has 0 radical (unpaired) electrons. The standard InChI is InChI=1S/C30H31N7O4/c1-19(2)35-28-29(39)36(17-27(38)33-15-20-8-10-25(11-9-20)37(18-31)30(40)41)26(16-34-28)23-12-22(13-24(32)14-23)21-6-4-3-5-7-21/h3-14,16,18-19,31H,15,17,32H2,1-2H3,(H,33,38)(H,34,35)(H,40,41). The second kappa shape index (κ2) is 12.6. The summed E-state index contributed by atoms with van der Waals surface area (Å²) < 4.78 is 1.37. The van der Waals surface area contributed by atoms with Crippen molar-refractivity contribution in [1.82, 2.24) is 14.9 Å². The number of carboxylic acid groups (broad SMARTS) is 1. The lowest BCUT2D eigenvalue weighted by molar-refractivity contribution is -0.121. The Morgan fingerprint density at radius 3 is 2.37 bits per heavy atom. The zero-order valence-corrected chi connectivity index (χ0v) is 22.7. The predicted molar refractivity (Wildman–Crippen MR) is 160 cm³/mol. The highest BCUT2D eigenvalue weighted by Crippen LogP contribution is 2.29. The number of hydrogen-bond acceptors (Lipinski definition) is 7. The van der Waals surface area contributed by atoms with Gasteiger partial charge in [0, 0.05) is 23.8 Å². The van der Waals surface area contributed by atoms with Gasteiger partial charge in [0.25, 0.3) is 5.56 Å². The van der Waals surface area contributed by atoms with Crippen molar-refractivity contribution in [2.75, 3.05) is 16.0 Å². The van der Waals surface area contributed by atoms with Crippen LogP contribution >= 0.6 is 0 Å². The molecule has 0 spiro atoms. The summed E-state index contributed by atoms with van der Waals surface area (Å²) in [7, 11) is 0. The maximum atomic E-state index is 13.5. The van der Waals surface area contributed by atoms with E-state index in [9.17, 15) is 14.4 Å². The second-order valence-corrected chi connectivity index (χ2v) is 9.62. The van der Waals surface area contributed by atoms with Crippen LogP contribution in [-0.2, 0) is 17.9 Å². The molecule has 11 heteroatoms. The Labute approximate surface area is 236 Å². The molecule has 0 bridgehead atoms. The maximum absolute atomic E-state index is 13.5. The average Bonchev–Trinajstić information content (AvgIpc) is 2.95. The first-order valence-electron chi connectivity index (χ1n) is 12.9. The molecule has 41 heavy (non-hydrogen) atoms. The molecule has 11 nitrogen and oxygen atoms in total. The minimum Gasteiger partial charge on any atom is -0.464 e. The van der Waals surface area contributed by atoms with E-state index in [1.54, 1.807) is 36.5 Å². The van der Waals surface area contributed by atoms with Crippen LogP contribution < -0.4 is 26.8 Å². The van der Waals surface area contributed by atoms with Gasteiger partial charge >= 0.3 is 6.09 Å². The summed E-state index contributed by atoms with van der Waals surface area (Å²) in [4.78, 5) is 42.9. The third-order valence-corrected chi connectivity index (χ3v) is 6.18. The lowest BCUT2D eigenvalue weighted by Crippen LogP contribution is -2.35. The van der Waals surface area contributed by atoms with E-state index in [-0.39, 0.29) is 24.9 Å². The van der Waals surface area contributed by atoms with Gasteiger partial charge in [0.05, 0.1) is 23.9 Å². The van der Waals surface area contributed by atoms with Crippen molar-refractivity contribution >= 4 is 35.5 Å². The summed E-state index contributed by atoms with van der Waals surface area (Å²) in [5.41, 5.74) is 10.2. The van der Waals surface area contributed by atoms with E-state index in [4.69, 9.17) is 16.2 Å². The number of carbonyl (C=O) groups excluding carboxylic acids is 1. The molecule has 4 rings (SSSR count). The Kier molecular flexibility index (Phi) is 8.78. The van der Waals surface area contributed by atoms with Gasteiger partial charge < -0.3 is 21.5 Å². The fraction of sp³-hybridized carbons (Fsp3) is 0.167. The van der Waals surface area contributed by atoms with E-state index in [0.717, 1.165) is 16.0 Å². The highest BCUT2D eigenvalue weighted by Gasteiger charge is 2.17. The number of carbonyl (C=O) groups is 2. The quantitative estimate of drug-likeness (QED) is 0.110. The fourth-order valence-electron chi connectivity index (χ4n) is 4.26. The van der Waals surface area contributed by atoms with E-state index in [1.165, 1.54) is 4.57 Å². The highest BCUT2D eigenvalue weighted by atomic mass is 16.4. The molecule has 0 saturated heterocycles. The van der Waals surface area contributed by atoms with Gasteiger partial charge in [-0.1, -0.05) is 42.5 Å². The van der Waals surface area contributed by atoms with Crippen molar-refractivity contribution in [3.63, 3.8) is 0 Å². The van der Waals surface area contributed by atoms with Gasteiger partial charge in [-0.2, -0.15) is 0 Å². The molecular formula is C30H31N7O4. The maximum Gasteiger partial charge on any atom is 0.417 e. The van der Waals surface area contributed by atoms with Crippen LogP contribution in [0.1, 0.15) is 19.4 Å². The summed E-state index contributed by atoms with van der Waals surface area (Å²) in [5.74, 6) is -0.272. The molecule has 6 N–H and O–H groups in total. The van der Waals surface area contributed by atoms with E-state index < -0.39 is 17.6 Å². The zero-order chi connectivity index (χ0) is 29.5. The molecule has 3 aromatic carbocycles. The molecule has 0 aliphatic carbocycles. The number of nitrogen functional groups attached to an aromatic ring is 1. The van der Waals surface area contributed by atoms with Crippen LogP contribution in [0.2, 0.25) is 0 Å². The third-order valence-electron chi connectivity index (χ3n) is 6.18. The summed E-state index contributed by atoms with van der Waals surface area (Å²) in [6.07, 6.45) is 0.982. The molecule has 0 fully saturated rings. The molecular weight excluding hydrogens is 522 g/mol. The van der Waals surface area contributed by atoms with E-state index in [1.807, 2.05) is 56.3 Å². The SMILES string of the molecule is CC(C)Nc1ncc(-c2cc(N)cc(-c3ccccc3)c2)n(CC(=O)NCc2ccc(N(C=N)C(=O)O)cc2)c1=O. The number of nitrogens with one attached hydrogen (secondary N) is 3. The predicted octanol–water partition coefficient (Wildman–Crippen LogP) is 4.39. The number of nitrogens with two attached hydrogens (primary N) is 1. The molecule has 1 heterocycles. The number of benzene rings is 3. The molecule has 2 amide bonds. The molecule has 0 aliphatic rings. The molecule has 1 aromatic heterocycles. The van der Waals surface area contributed by atoms with Gasteiger partial charge in [-0.3, -0.25) is 19.6 Å². The van der Waals surface area contributed by atoms with E-state index in [2.05, 4.69) is 15.6 Å². The van der Waals surface area contributed by atoms with Gasteiger partial charge in [-0.05, 0) is 60.9 Å². The number of nitrogens with zero attached hydrogens (tertiary/aromatic N) is 3. The number of hydrogen-bond donors (Lipinski definition) is 5. The number of rotatable bonds is 10. The van der Waals surface area contributed by atoms with Crippen molar-refractivity contribution in [2.24, 2.45) is 0 Å². The molecule has 0 atom stereocenters. The van der Waals surface area contributed by atoms with Crippen LogP contribution in [0.3, 0.4) is 0 Å². The van der Waals surface area contributed by atoms with Crippen molar-refractivity contribution in [3.05, 3.63) is 94.9 Å². The minimum absolute atomic E-state index is 0.0481. The first-order valence-corrected chi connectivity index (χ1v) is 12.9. The van der Waals surface area contributed by atoms with E-state index in [0.29, 0.717) is 34.5 Å². The largest absolute Gasteiger partial charge is 0.464 e. The van der Waals surface area contributed by atoms with Gasteiger partial charge in [-0.15, -0.1) is 0 Å². The summed E-state index contributed by atoms with van der Waals surface area (Å²) >= 11 is 0. The number of anilines is 3. The van der Waals surface area contributed by atoms with Crippen LogP contribution in [0.25, 0.3) is 22.4 Å². The van der Waals surface area contributed by atoms with Crippen LogP contribution in [-0.4, -0.2) is 39.0 Å². The molecule has 0 unspecified atom stereocenters. The lowest BCUT2D eigenvalue weighted by atomic mass is 10.0. The van der Waals surface area contributed by atoms with Crippen LogP contribution in [0, 0.1) is 5.41 Å². The van der Waals surface area contributed by atoms with Crippen molar-refractivity contribution in [3.8, 4) is 22.4 Å². The normalized spacial score (nSPS) is 10.7. The second-order valence-electron chi connectivity index (χ2n) is 9.62. The van der Waals surface area contributed by atoms with Crippen molar-refractivity contribution < 1.29 is 14.7 Å². The zero-order valence-electron chi connectivity index (χ0n) is 22.7. The van der Waals surface area contributed by atoms with Crippen LogP contribution in [0.4, 0.5) is 22.0 Å². The smallest absolute Gasteiger partial charge is 0.417 e. The fourth-order valence-corrected chi connectivity index (χ4v) is 4.26. The Hall–Kier alpha value is -5.45. The first kappa shape index (κ1) is 28.6. The highest BCUT2D eigenvalue weighted by molar-refractivity contribution is 6.03. The Balaban J connectivity index is 1.62. The Bertz CT molecular complexity index is 1620. The molecule has 0 saturated carbocycles.